The maximum atomic E-state index is 9.78. The van der Waals surface area contributed by atoms with E-state index in [1.165, 1.54) is 0 Å². The van der Waals surface area contributed by atoms with Crippen molar-refractivity contribution in [3.63, 3.8) is 0 Å². The van der Waals surface area contributed by atoms with Gasteiger partial charge in [0, 0.05) is 5.92 Å². The number of aliphatic hydroxyl groups excluding tert-OH is 4. The van der Waals surface area contributed by atoms with Crippen molar-refractivity contribution in [1.82, 2.24) is 0 Å². The summed E-state index contributed by atoms with van der Waals surface area (Å²) in [4.78, 5) is 0. The fourth-order valence-electron chi connectivity index (χ4n) is 2.75. The van der Waals surface area contributed by atoms with Crippen LogP contribution in [0.15, 0.2) is 0 Å². The molecular formula is C8H14O5. The fourth-order valence-corrected chi connectivity index (χ4v) is 2.75. The third kappa shape index (κ3) is 0.793. The van der Waals surface area contributed by atoms with Crippen LogP contribution in [0.2, 0.25) is 0 Å². The molecule has 0 spiro atoms. The first-order chi connectivity index (χ1) is 5.92. The number of aliphatic hydroxyl groups is 5. The van der Waals surface area contributed by atoms with Gasteiger partial charge in [0.15, 0.2) is 0 Å². The van der Waals surface area contributed by atoms with Gasteiger partial charge in [0.2, 0.25) is 0 Å². The van der Waals surface area contributed by atoms with Crippen LogP contribution in [0.4, 0.5) is 0 Å². The zero-order chi connectivity index (χ0) is 9.96. The van der Waals surface area contributed by atoms with Crippen molar-refractivity contribution in [3.8, 4) is 0 Å². The molecule has 5 nitrogen and oxygen atoms in total. The van der Waals surface area contributed by atoms with Crippen molar-refractivity contribution < 1.29 is 25.5 Å². The Bertz CT molecular complexity index is 233. The van der Waals surface area contributed by atoms with E-state index in [9.17, 15) is 25.5 Å². The van der Waals surface area contributed by atoms with Gasteiger partial charge in [0.1, 0.15) is 17.8 Å². The summed E-state index contributed by atoms with van der Waals surface area (Å²) in [6.07, 6.45) is -5.05. The smallest absolute Gasteiger partial charge is 0.125 e. The Balaban J connectivity index is 2.32. The van der Waals surface area contributed by atoms with E-state index < -0.39 is 35.9 Å². The lowest BCUT2D eigenvalue weighted by molar-refractivity contribution is -0.257. The summed E-state index contributed by atoms with van der Waals surface area (Å²) < 4.78 is 0. The monoisotopic (exact) mass is 190 g/mol. The van der Waals surface area contributed by atoms with E-state index in [4.69, 9.17) is 0 Å². The first kappa shape index (κ1) is 9.36. The summed E-state index contributed by atoms with van der Waals surface area (Å²) in [5, 5.41) is 47.3. The summed E-state index contributed by atoms with van der Waals surface area (Å²) in [6.45, 7) is 1.66. The second-order valence-corrected chi connectivity index (χ2v) is 4.14. The quantitative estimate of drug-likeness (QED) is 0.289. The van der Waals surface area contributed by atoms with Gasteiger partial charge in [0.25, 0.3) is 0 Å². The largest absolute Gasteiger partial charge is 0.390 e. The Kier molecular flexibility index (Phi) is 1.75. The molecule has 2 aliphatic carbocycles. The van der Waals surface area contributed by atoms with Crippen LogP contribution in [-0.4, -0.2) is 55.5 Å². The third-order valence-corrected chi connectivity index (χ3v) is 3.59. The Morgan fingerprint density at radius 1 is 0.923 bits per heavy atom. The van der Waals surface area contributed by atoms with Crippen molar-refractivity contribution in [3.05, 3.63) is 0 Å². The second kappa shape index (κ2) is 2.43. The number of hydrogen-bond acceptors (Lipinski definition) is 5. The maximum absolute atomic E-state index is 9.78. The summed E-state index contributed by atoms with van der Waals surface area (Å²) in [7, 11) is 0. The summed E-state index contributed by atoms with van der Waals surface area (Å²) in [6, 6.07) is 0. The maximum Gasteiger partial charge on any atom is 0.125 e. The molecule has 0 heterocycles. The van der Waals surface area contributed by atoms with Crippen LogP contribution in [0.25, 0.3) is 0 Å². The van der Waals surface area contributed by atoms with Crippen LogP contribution in [0, 0.1) is 11.8 Å². The van der Waals surface area contributed by atoms with Crippen molar-refractivity contribution in [2.24, 2.45) is 11.8 Å². The van der Waals surface area contributed by atoms with Gasteiger partial charge < -0.3 is 25.5 Å². The van der Waals surface area contributed by atoms with E-state index in [2.05, 4.69) is 0 Å². The van der Waals surface area contributed by atoms with E-state index >= 15 is 0 Å². The number of hydrogen-bond donors (Lipinski definition) is 5. The summed E-state index contributed by atoms with van der Waals surface area (Å²) in [5.74, 6) is -0.931. The highest BCUT2D eigenvalue weighted by Crippen LogP contribution is 2.54. The summed E-state index contributed by atoms with van der Waals surface area (Å²) >= 11 is 0. The van der Waals surface area contributed by atoms with Gasteiger partial charge in [-0.1, -0.05) is 6.92 Å². The van der Waals surface area contributed by atoms with Crippen LogP contribution in [0.5, 0.6) is 0 Å². The predicted octanol–water partition coefficient (Wildman–Crippen LogP) is -2.56. The normalized spacial score (nSPS) is 66.0. The summed E-state index contributed by atoms with van der Waals surface area (Å²) in [5.41, 5.74) is -1.72. The van der Waals surface area contributed by atoms with Crippen LogP contribution < -0.4 is 0 Å². The highest BCUT2D eigenvalue weighted by Gasteiger charge is 2.72. The molecule has 0 aromatic heterocycles. The van der Waals surface area contributed by atoms with Gasteiger partial charge in [-0.15, -0.1) is 0 Å². The second-order valence-electron chi connectivity index (χ2n) is 4.14. The number of rotatable bonds is 0. The van der Waals surface area contributed by atoms with E-state index in [1.807, 2.05) is 0 Å². The minimum absolute atomic E-state index is 0.299. The molecule has 0 aromatic rings. The Hall–Kier alpha value is -0.200. The molecule has 13 heavy (non-hydrogen) atoms. The molecule has 2 fully saturated rings. The van der Waals surface area contributed by atoms with Gasteiger partial charge in [-0.3, -0.25) is 0 Å². The molecule has 76 valence electrons. The van der Waals surface area contributed by atoms with Gasteiger partial charge in [-0.05, 0) is 5.92 Å². The van der Waals surface area contributed by atoms with E-state index in [0.29, 0.717) is 0 Å². The molecule has 2 aliphatic rings. The topological polar surface area (TPSA) is 101 Å². The van der Waals surface area contributed by atoms with Gasteiger partial charge >= 0.3 is 0 Å². The lowest BCUT2D eigenvalue weighted by Crippen LogP contribution is -2.69. The molecule has 2 saturated carbocycles. The predicted molar refractivity (Wildman–Crippen MR) is 41.6 cm³/mol. The molecule has 0 amide bonds. The van der Waals surface area contributed by atoms with E-state index in [-0.39, 0.29) is 5.92 Å². The molecule has 7 unspecified atom stereocenters. The van der Waals surface area contributed by atoms with Gasteiger partial charge in [-0.2, -0.15) is 0 Å². The van der Waals surface area contributed by atoms with Crippen LogP contribution >= 0.6 is 0 Å². The molecule has 0 radical (unpaired) electrons. The minimum atomic E-state index is -1.72. The molecule has 7 atom stereocenters. The van der Waals surface area contributed by atoms with Crippen molar-refractivity contribution in [2.75, 3.05) is 0 Å². The van der Waals surface area contributed by atoms with E-state index in [1.54, 1.807) is 6.92 Å². The minimum Gasteiger partial charge on any atom is -0.390 e. The van der Waals surface area contributed by atoms with Crippen LogP contribution in [0.3, 0.4) is 0 Å². The molecule has 5 N–H and O–H groups in total. The zero-order valence-corrected chi connectivity index (χ0v) is 7.20. The van der Waals surface area contributed by atoms with Crippen molar-refractivity contribution >= 4 is 0 Å². The molecule has 0 aliphatic heterocycles. The first-order valence-corrected chi connectivity index (χ1v) is 4.37. The average molecular weight is 190 g/mol. The Morgan fingerprint density at radius 3 is 1.92 bits per heavy atom. The molecule has 5 heteroatoms. The van der Waals surface area contributed by atoms with Crippen molar-refractivity contribution in [1.29, 1.82) is 0 Å². The molecule has 0 bridgehead atoms. The molecular weight excluding hydrogens is 176 g/mol. The lowest BCUT2D eigenvalue weighted by atomic mass is 9.60. The highest BCUT2D eigenvalue weighted by atomic mass is 16.4. The zero-order valence-electron chi connectivity index (χ0n) is 7.20. The van der Waals surface area contributed by atoms with Gasteiger partial charge in [-0.25, -0.2) is 0 Å². The van der Waals surface area contributed by atoms with Crippen LogP contribution in [-0.2, 0) is 0 Å². The first-order valence-electron chi connectivity index (χ1n) is 4.37. The number of fused-ring (bicyclic) bond motifs is 1. The standard InChI is InChI=1S/C8H14O5/c1-2-3-4(9)5(10)7(12)8(3,13)6(2)11/h2-7,9-13H,1H3. The fraction of sp³-hybridized carbons (Fsp3) is 1.00. The SMILES string of the molecule is CC1C(O)C2(O)C(O)C(O)C(O)C12. The molecule has 0 aromatic carbocycles. The van der Waals surface area contributed by atoms with Gasteiger partial charge in [0.05, 0.1) is 12.2 Å². The van der Waals surface area contributed by atoms with Crippen molar-refractivity contribution in [2.45, 2.75) is 36.9 Å². The molecule has 2 rings (SSSR count). The molecule has 0 saturated heterocycles. The lowest BCUT2D eigenvalue weighted by Gasteiger charge is -2.52. The van der Waals surface area contributed by atoms with Crippen LogP contribution in [0.1, 0.15) is 6.92 Å². The Morgan fingerprint density at radius 2 is 1.46 bits per heavy atom. The third-order valence-electron chi connectivity index (χ3n) is 3.59. The average Bonchev–Trinajstić information content (AvgIpc) is 2.27. The highest BCUT2D eigenvalue weighted by molar-refractivity contribution is 5.22. The Labute approximate surface area is 75.3 Å². The van der Waals surface area contributed by atoms with E-state index in [0.717, 1.165) is 0 Å².